The van der Waals surface area contributed by atoms with E-state index in [9.17, 15) is 0 Å². The number of nitrogens with zero attached hydrogens (tertiary/aromatic N) is 2. The van der Waals surface area contributed by atoms with Gasteiger partial charge in [0.25, 0.3) is 0 Å². The van der Waals surface area contributed by atoms with Crippen molar-refractivity contribution in [3.63, 3.8) is 0 Å². The summed E-state index contributed by atoms with van der Waals surface area (Å²) in [4.78, 5) is 0. The van der Waals surface area contributed by atoms with Crippen molar-refractivity contribution in [2.75, 3.05) is 0 Å². The van der Waals surface area contributed by atoms with Crippen LogP contribution in [0.4, 0.5) is 0 Å². The van der Waals surface area contributed by atoms with Crippen LogP contribution in [0.3, 0.4) is 0 Å². The first-order valence-corrected chi connectivity index (χ1v) is 5.65. The van der Waals surface area contributed by atoms with Crippen molar-refractivity contribution in [3.8, 4) is 5.69 Å². The number of hydrogen-bond acceptors (Lipinski definition) is 1. The zero-order chi connectivity index (χ0) is 9.97. The van der Waals surface area contributed by atoms with E-state index in [4.69, 9.17) is 11.6 Å². The van der Waals surface area contributed by atoms with E-state index in [-0.39, 0.29) is 0 Å². The maximum absolute atomic E-state index is 5.93. The van der Waals surface area contributed by atoms with Crippen molar-refractivity contribution in [1.29, 1.82) is 0 Å². The van der Waals surface area contributed by atoms with Crippen LogP contribution in [0.25, 0.3) is 5.69 Å². The molecule has 0 spiro atoms. The third-order valence-electron chi connectivity index (χ3n) is 1.94. The van der Waals surface area contributed by atoms with Crippen LogP contribution in [-0.4, -0.2) is 9.78 Å². The molecular weight excluding hydrogens is 263 g/mol. The molecule has 1 aromatic carbocycles. The van der Waals surface area contributed by atoms with Crippen molar-refractivity contribution < 1.29 is 0 Å². The Kier molecular flexibility index (Phi) is 2.89. The molecule has 1 heterocycles. The zero-order valence-corrected chi connectivity index (χ0v) is 9.66. The lowest BCUT2D eigenvalue weighted by molar-refractivity contribution is 0.872. The fourth-order valence-corrected chi connectivity index (χ4v) is 1.92. The van der Waals surface area contributed by atoms with Crippen molar-refractivity contribution in [2.45, 2.75) is 5.33 Å². The fourth-order valence-electron chi connectivity index (χ4n) is 1.27. The highest BCUT2D eigenvalue weighted by molar-refractivity contribution is 9.08. The summed E-state index contributed by atoms with van der Waals surface area (Å²) in [6, 6.07) is 7.67. The largest absolute Gasteiger partial charge is 0.241 e. The van der Waals surface area contributed by atoms with Gasteiger partial charge >= 0.3 is 0 Å². The number of hydrogen-bond donors (Lipinski definition) is 0. The van der Waals surface area contributed by atoms with Gasteiger partial charge in [0.05, 0.1) is 5.69 Å². The van der Waals surface area contributed by atoms with Crippen LogP contribution in [0.15, 0.2) is 36.7 Å². The van der Waals surface area contributed by atoms with E-state index in [0.29, 0.717) is 0 Å². The summed E-state index contributed by atoms with van der Waals surface area (Å²) < 4.78 is 1.81. The summed E-state index contributed by atoms with van der Waals surface area (Å²) in [5.41, 5.74) is 2.18. The molecule has 0 fully saturated rings. The second-order valence-corrected chi connectivity index (χ2v) is 3.85. The molecule has 2 nitrogen and oxygen atoms in total. The molecule has 0 radical (unpaired) electrons. The van der Waals surface area contributed by atoms with Gasteiger partial charge in [-0.3, -0.25) is 0 Å². The first-order valence-electron chi connectivity index (χ1n) is 4.15. The Morgan fingerprint density at radius 3 is 2.93 bits per heavy atom. The molecule has 0 saturated heterocycles. The van der Waals surface area contributed by atoms with E-state index in [1.165, 1.54) is 0 Å². The van der Waals surface area contributed by atoms with Crippen LogP contribution in [0.5, 0.6) is 0 Å². The molecule has 0 bridgehead atoms. The summed E-state index contributed by atoms with van der Waals surface area (Å²) in [6.07, 6.45) is 3.65. The Bertz CT molecular complexity index is 426. The van der Waals surface area contributed by atoms with Crippen LogP contribution in [0.2, 0.25) is 5.02 Å². The predicted molar refractivity (Wildman–Crippen MR) is 61.2 cm³/mol. The molecule has 0 amide bonds. The van der Waals surface area contributed by atoms with Crippen molar-refractivity contribution >= 4 is 27.5 Å². The smallest absolute Gasteiger partial charge is 0.0700 e. The molecule has 4 heteroatoms. The Morgan fingerprint density at radius 1 is 1.43 bits per heavy atom. The second kappa shape index (κ2) is 4.15. The van der Waals surface area contributed by atoms with E-state index >= 15 is 0 Å². The third kappa shape index (κ3) is 1.83. The molecule has 2 rings (SSSR count). The Hall–Kier alpha value is -0.800. The molecule has 0 unspecified atom stereocenters. The molecule has 0 aliphatic carbocycles. The highest BCUT2D eigenvalue weighted by Crippen LogP contribution is 2.21. The molecule has 0 aliphatic rings. The lowest BCUT2D eigenvalue weighted by Gasteiger charge is -2.07. The van der Waals surface area contributed by atoms with E-state index in [2.05, 4.69) is 21.0 Å². The third-order valence-corrected chi connectivity index (χ3v) is 2.78. The van der Waals surface area contributed by atoms with Gasteiger partial charge < -0.3 is 0 Å². The Balaban J connectivity index is 2.55. The van der Waals surface area contributed by atoms with Gasteiger partial charge in [-0.1, -0.05) is 33.6 Å². The van der Waals surface area contributed by atoms with Crippen LogP contribution >= 0.6 is 27.5 Å². The molecule has 14 heavy (non-hydrogen) atoms. The summed E-state index contributed by atoms with van der Waals surface area (Å²) in [5.74, 6) is 0. The van der Waals surface area contributed by atoms with Crippen LogP contribution in [0.1, 0.15) is 5.56 Å². The zero-order valence-electron chi connectivity index (χ0n) is 7.32. The fraction of sp³-hybridized carbons (Fsp3) is 0.100. The maximum Gasteiger partial charge on any atom is 0.0700 e. The average molecular weight is 272 g/mol. The summed E-state index contributed by atoms with van der Waals surface area (Å²) in [7, 11) is 0. The highest BCUT2D eigenvalue weighted by Gasteiger charge is 2.04. The first kappa shape index (κ1) is 9.74. The number of alkyl halides is 1. The molecule has 0 N–H and O–H groups in total. The first-order chi connectivity index (χ1) is 6.81. The van der Waals surface area contributed by atoms with Gasteiger partial charge in [-0.25, -0.2) is 4.68 Å². The van der Waals surface area contributed by atoms with E-state index in [0.717, 1.165) is 21.6 Å². The maximum atomic E-state index is 5.93. The second-order valence-electron chi connectivity index (χ2n) is 2.86. The van der Waals surface area contributed by atoms with Gasteiger partial charge in [0.1, 0.15) is 0 Å². The monoisotopic (exact) mass is 270 g/mol. The van der Waals surface area contributed by atoms with Gasteiger partial charge in [-0.05, 0) is 23.8 Å². The highest BCUT2D eigenvalue weighted by atomic mass is 79.9. The minimum atomic E-state index is 0.722. The predicted octanol–water partition coefficient (Wildman–Crippen LogP) is 3.42. The van der Waals surface area contributed by atoms with Crippen LogP contribution in [-0.2, 0) is 5.33 Å². The topological polar surface area (TPSA) is 17.8 Å². The van der Waals surface area contributed by atoms with Gasteiger partial charge in [0, 0.05) is 22.7 Å². The van der Waals surface area contributed by atoms with Crippen LogP contribution in [0, 0.1) is 0 Å². The molecule has 72 valence electrons. The van der Waals surface area contributed by atoms with Gasteiger partial charge in [-0.2, -0.15) is 5.10 Å². The Morgan fingerprint density at radius 2 is 2.29 bits per heavy atom. The van der Waals surface area contributed by atoms with Crippen molar-refractivity contribution in [3.05, 3.63) is 47.2 Å². The van der Waals surface area contributed by atoms with Gasteiger partial charge in [-0.15, -0.1) is 0 Å². The molecule has 2 aromatic rings. The van der Waals surface area contributed by atoms with E-state index in [1.807, 2.05) is 35.1 Å². The lowest BCUT2D eigenvalue weighted by atomic mass is 10.2. The van der Waals surface area contributed by atoms with Crippen LogP contribution < -0.4 is 0 Å². The molecular formula is C10H8BrClN2. The standard InChI is InChI=1S/C10H8BrClN2/c11-7-8-2-3-9(12)6-10(8)14-5-1-4-13-14/h1-6H,7H2. The SMILES string of the molecule is Clc1ccc(CBr)c(-n2cccn2)c1. The molecule has 0 atom stereocenters. The number of aromatic nitrogens is 2. The van der Waals surface area contributed by atoms with Crippen molar-refractivity contribution in [2.24, 2.45) is 0 Å². The minimum absolute atomic E-state index is 0.722. The van der Waals surface area contributed by atoms with Crippen molar-refractivity contribution in [1.82, 2.24) is 9.78 Å². The molecule has 0 aliphatic heterocycles. The molecule has 1 aromatic heterocycles. The summed E-state index contributed by atoms with van der Waals surface area (Å²) in [6.45, 7) is 0. The minimum Gasteiger partial charge on any atom is -0.241 e. The summed E-state index contributed by atoms with van der Waals surface area (Å²) in [5, 5.41) is 5.69. The van der Waals surface area contributed by atoms with Gasteiger partial charge in [0.15, 0.2) is 0 Å². The van der Waals surface area contributed by atoms with E-state index < -0.39 is 0 Å². The number of rotatable bonds is 2. The quantitative estimate of drug-likeness (QED) is 0.765. The Labute approximate surface area is 95.6 Å². The number of benzene rings is 1. The average Bonchev–Trinajstić information content (AvgIpc) is 2.70. The number of halogens is 2. The van der Waals surface area contributed by atoms with E-state index in [1.54, 1.807) is 6.20 Å². The lowest BCUT2D eigenvalue weighted by Crippen LogP contribution is -1.98. The normalized spacial score (nSPS) is 10.4. The molecule has 0 saturated carbocycles. The summed E-state index contributed by atoms with van der Waals surface area (Å²) >= 11 is 9.37. The van der Waals surface area contributed by atoms with Gasteiger partial charge in [0.2, 0.25) is 0 Å².